The van der Waals surface area contributed by atoms with Crippen LogP contribution in [-0.2, 0) is 4.79 Å². The van der Waals surface area contributed by atoms with Crippen LogP contribution in [0.2, 0.25) is 0 Å². The van der Waals surface area contributed by atoms with E-state index in [-0.39, 0.29) is 12.5 Å². The Morgan fingerprint density at radius 3 is 2.56 bits per heavy atom. The van der Waals surface area contributed by atoms with Gasteiger partial charge in [-0.3, -0.25) is 14.6 Å². The van der Waals surface area contributed by atoms with Crippen LogP contribution in [0, 0.1) is 0 Å². The van der Waals surface area contributed by atoms with Gasteiger partial charge >= 0.3 is 5.97 Å². The molecular weight excluding hydrogens is 204 g/mol. The van der Waals surface area contributed by atoms with Crippen LogP contribution in [0.4, 0.5) is 0 Å². The molecule has 4 nitrogen and oxygen atoms in total. The second-order valence-electron chi connectivity index (χ2n) is 4.63. The van der Waals surface area contributed by atoms with E-state index < -0.39 is 5.97 Å². The third-order valence-corrected chi connectivity index (χ3v) is 3.60. The SMILES string of the molecule is CCC(CC(=O)O)N1CCN(CC)C(C)C1. The van der Waals surface area contributed by atoms with Gasteiger partial charge in [0.2, 0.25) is 0 Å². The van der Waals surface area contributed by atoms with E-state index in [4.69, 9.17) is 5.11 Å². The lowest BCUT2D eigenvalue weighted by Crippen LogP contribution is -2.54. The fourth-order valence-electron chi connectivity index (χ4n) is 2.56. The van der Waals surface area contributed by atoms with Gasteiger partial charge < -0.3 is 5.11 Å². The van der Waals surface area contributed by atoms with E-state index in [1.54, 1.807) is 0 Å². The maximum Gasteiger partial charge on any atom is 0.304 e. The summed E-state index contributed by atoms with van der Waals surface area (Å²) in [6.07, 6.45) is 1.19. The minimum absolute atomic E-state index is 0.207. The Morgan fingerprint density at radius 2 is 2.12 bits per heavy atom. The van der Waals surface area contributed by atoms with E-state index in [0.29, 0.717) is 6.04 Å². The summed E-state index contributed by atoms with van der Waals surface area (Å²) < 4.78 is 0. The average Bonchev–Trinajstić information content (AvgIpc) is 2.25. The zero-order valence-electron chi connectivity index (χ0n) is 10.6. The van der Waals surface area contributed by atoms with Gasteiger partial charge in [0.1, 0.15) is 0 Å². The molecule has 0 saturated carbocycles. The molecule has 16 heavy (non-hydrogen) atoms. The van der Waals surface area contributed by atoms with Crippen molar-refractivity contribution in [3.8, 4) is 0 Å². The van der Waals surface area contributed by atoms with E-state index in [1.807, 2.05) is 0 Å². The predicted octanol–water partition coefficient (Wildman–Crippen LogP) is 1.27. The average molecular weight is 228 g/mol. The van der Waals surface area contributed by atoms with Gasteiger partial charge in [0.25, 0.3) is 0 Å². The normalized spacial score (nSPS) is 25.6. The molecule has 2 unspecified atom stereocenters. The van der Waals surface area contributed by atoms with Gasteiger partial charge in [-0.2, -0.15) is 0 Å². The van der Waals surface area contributed by atoms with Crippen LogP contribution in [0.15, 0.2) is 0 Å². The summed E-state index contributed by atoms with van der Waals surface area (Å²) in [5, 5.41) is 8.87. The second-order valence-corrected chi connectivity index (χ2v) is 4.63. The van der Waals surface area contributed by atoms with E-state index in [9.17, 15) is 4.79 Å². The molecule has 94 valence electrons. The predicted molar refractivity (Wildman–Crippen MR) is 64.6 cm³/mol. The number of carbonyl (C=O) groups is 1. The Kier molecular flexibility index (Phi) is 5.22. The Bertz CT molecular complexity index is 233. The first-order valence-electron chi connectivity index (χ1n) is 6.28. The number of hydrogen-bond acceptors (Lipinski definition) is 3. The second kappa shape index (κ2) is 6.21. The highest BCUT2D eigenvalue weighted by Crippen LogP contribution is 2.16. The molecule has 2 atom stereocenters. The first kappa shape index (κ1) is 13.5. The van der Waals surface area contributed by atoms with E-state index in [0.717, 1.165) is 32.6 Å². The molecule has 1 N–H and O–H groups in total. The number of piperazine rings is 1. The van der Waals surface area contributed by atoms with Gasteiger partial charge in [-0.1, -0.05) is 13.8 Å². The molecule has 0 spiro atoms. The van der Waals surface area contributed by atoms with Crippen LogP contribution >= 0.6 is 0 Å². The molecular formula is C12H24N2O2. The van der Waals surface area contributed by atoms with Crippen LogP contribution < -0.4 is 0 Å². The highest BCUT2D eigenvalue weighted by Gasteiger charge is 2.27. The van der Waals surface area contributed by atoms with E-state index in [2.05, 4.69) is 30.6 Å². The molecule has 4 heteroatoms. The summed E-state index contributed by atoms with van der Waals surface area (Å²) in [7, 11) is 0. The molecule has 0 aromatic rings. The van der Waals surface area contributed by atoms with Gasteiger partial charge in [-0.15, -0.1) is 0 Å². The minimum atomic E-state index is -0.683. The Labute approximate surface area is 98.2 Å². The number of carboxylic acid groups (broad SMARTS) is 1. The van der Waals surface area contributed by atoms with Crippen molar-refractivity contribution >= 4 is 5.97 Å². The number of aliphatic carboxylic acids is 1. The smallest absolute Gasteiger partial charge is 0.304 e. The van der Waals surface area contributed by atoms with Crippen LogP contribution in [0.5, 0.6) is 0 Å². The van der Waals surface area contributed by atoms with Crippen molar-refractivity contribution in [2.45, 2.75) is 45.7 Å². The number of rotatable bonds is 5. The third-order valence-electron chi connectivity index (χ3n) is 3.60. The fraction of sp³-hybridized carbons (Fsp3) is 0.917. The highest BCUT2D eigenvalue weighted by atomic mass is 16.4. The van der Waals surface area contributed by atoms with Crippen molar-refractivity contribution in [3.63, 3.8) is 0 Å². The van der Waals surface area contributed by atoms with Gasteiger partial charge in [-0.25, -0.2) is 0 Å². The molecule has 1 heterocycles. The summed E-state index contributed by atoms with van der Waals surface area (Å²) >= 11 is 0. The molecule has 0 radical (unpaired) electrons. The number of nitrogens with zero attached hydrogens (tertiary/aromatic N) is 2. The Morgan fingerprint density at radius 1 is 1.44 bits per heavy atom. The van der Waals surface area contributed by atoms with Crippen molar-refractivity contribution < 1.29 is 9.90 Å². The maximum atomic E-state index is 10.8. The number of likely N-dealkylation sites (N-methyl/N-ethyl adjacent to an activating group) is 1. The first-order valence-corrected chi connectivity index (χ1v) is 6.28. The molecule has 1 aliphatic rings. The zero-order valence-corrected chi connectivity index (χ0v) is 10.6. The Hall–Kier alpha value is -0.610. The van der Waals surface area contributed by atoms with Crippen molar-refractivity contribution in [2.24, 2.45) is 0 Å². The van der Waals surface area contributed by atoms with E-state index >= 15 is 0 Å². The first-order chi connectivity index (χ1) is 7.58. The largest absolute Gasteiger partial charge is 0.481 e. The van der Waals surface area contributed by atoms with Gasteiger partial charge in [0.15, 0.2) is 0 Å². The van der Waals surface area contributed by atoms with Crippen LogP contribution in [-0.4, -0.2) is 59.1 Å². The number of carboxylic acids is 1. The van der Waals surface area contributed by atoms with Crippen molar-refractivity contribution in [2.75, 3.05) is 26.2 Å². The standard InChI is InChI=1S/C12H24N2O2/c1-4-11(8-12(15)16)14-7-6-13(5-2)10(3)9-14/h10-11H,4-9H2,1-3H3,(H,15,16). The van der Waals surface area contributed by atoms with Gasteiger partial charge in [-0.05, 0) is 19.9 Å². The minimum Gasteiger partial charge on any atom is -0.481 e. The lowest BCUT2D eigenvalue weighted by molar-refractivity contribution is -0.138. The monoisotopic (exact) mass is 228 g/mol. The fourth-order valence-corrected chi connectivity index (χ4v) is 2.56. The summed E-state index contributed by atoms with van der Waals surface area (Å²) in [6.45, 7) is 10.6. The van der Waals surface area contributed by atoms with Crippen LogP contribution in [0.25, 0.3) is 0 Å². The van der Waals surface area contributed by atoms with Gasteiger partial charge in [0.05, 0.1) is 6.42 Å². The molecule has 0 aliphatic carbocycles. The molecule has 1 fully saturated rings. The van der Waals surface area contributed by atoms with Crippen molar-refractivity contribution in [1.29, 1.82) is 0 Å². The Balaban J connectivity index is 2.51. The van der Waals surface area contributed by atoms with Gasteiger partial charge in [0, 0.05) is 31.7 Å². The van der Waals surface area contributed by atoms with Crippen molar-refractivity contribution in [1.82, 2.24) is 9.80 Å². The topological polar surface area (TPSA) is 43.8 Å². The lowest BCUT2D eigenvalue weighted by atomic mass is 10.1. The zero-order chi connectivity index (χ0) is 12.1. The molecule has 1 aliphatic heterocycles. The summed E-state index contributed by atoms with van der Waals surface area (Å²) in [4.78, 5) is 15.6. The highest BCUT2D eigenvalue weighted by molar-refractivity contribution is 5.67. The third kappa shape index (κ3) is 3.46. The maximum absolute atomic E-state index is 10.8. The molecule has 0 amide bonds. The molecule has 1 rings (SSSR count). The molecule has 1 saturated heterocycles. The lowest BCUT2D eigenvalue weighted by Gasteiger charge is -2.42. The van der Waals surface area contributed by atoms with E-state index in [1.165, 1.54) is 0 Å². The van der Waals surface area contributed by atoms with Crippen molar-refractivity contribution in [3.05, 3.63) is 0 Å². The summed E-state index contributed by atoms with van der Waals surface area (Å²) in [5.74, 6) is -0.683. The molecule has 0 aromatic heterocycles. The van der Waals surface area contributed by atoms with Crippen LogP contribution in [0.1, 0.15) is 33.6 Å². The molecule has 0 bridgehead atoms. The summed E-state index contributed by atoms with van der Waals surface area (Å²) in [5.41, 5.74) is 0. The summed E-state index contributed by atoms with van der Waals surface area (Å²) in [6, 6.07) is 0.751. The molecule has 0 aromatic carbocycles. The quantitative estimate of drug-likeness (QED) is 0.769. The van der Waals surface area contributed by atoms with Crippen LogP contribution in [0.3, 0.4) is 0 Å². The number of hydrogen-bond donors (Lipinski definition) is 1.